The van der Waals surface area contributed by atoms with Crippen LogP contribution in [0, 0.1) is 6.92 Å². The normalized spacial score (nSPS) is 11.2. The van der Waals surface area contributed by atoms with Crippen LogP contribution in [-0.2, 0) is 0 Å². The molecule has 3 rings (SSSR count). The second-order valence-corrected chi connectivity index (χ2v) is 4.46. The second-order valence-electron chi connectivity index (χ2n) is 4.46. The average Bonchev–Trinajstić information content (AvgIpc) is 2.35. The van der Waals surface area contributed by atoms with Crippen molar-refractivity contribution < 1.29 is 15.3 Å². The Labute approximate surface area is 104 Å². The molecule has 90 valence electrons. The number of phenols is 3. The summed E-state index contributed by atoms with van der Waals surface area (Å²) in [7, 11) is 0. The topological polar surface area (TPSA) is 60.7 Å². The highest BCUT2D eigenvalue weighted by Gasteiger charge is 2.11. The van der Waals surface area contributed by atoms with Gasteiger partial charge >= 0.3 is 0 Å². The number of fused-ring (bicyclic) bond motifs is 2. The van der Waals surface area contributed by atoms with Gasteiger partial charge in [0.25, 0.3) is 0 Å². The molecule has 18 heavy (non-hydrogen) atoms. The maximum absolute atomic E-state index is 9.96. The molecule has 0 aliphatic heterocycles. The fourth-order valence-electron chi connectivity index (χ4n) is 2.27. The highest BCUT2D eigenvalue weighted by Crippen LogP contribution is 2.39. The van der Waals surface area contributed by atoms with Crippen LogP contribution in [0.5, 0.6) is 17.2 Å². The zero-order valence-electron chi connectivity index (χ0n) is 9.81. The van der Waals surface area contributed by atoms with Gasteiger partial charge < -0.3 is 15.3 Å². The molecule has 0 bridgehead atoms. The SMILES string of the molecule is Cc1cc2cc3cccc(O)c3cc2c(O)c1O. The molecule has 3 heteroatoms. The van der Waals surface area contributed by atoms with Crippen molar-refractivity contribution in [1.82, 2.24) is 0 Å². The molecule has 3 N–H and O–H groups in total. The van der Waals surface area contributed by atoms with Gasteiger partial charge in [-0.3, -0.25) is 0 Å². The standard InChI is InChI=1S/C15H12O3/c1-8-5-10-6-9-3-2-4-13(16)11(9)7-12(10)15(18)14(8)17/h2-7,16-18H,1H3. The molecule has 0 atom stereocenters. The third-order valence-electron chi connectivity index (χ3n) is 3.25. The van der Waals surface area contributed by atoms with E-state index in [-0.39, 0.29) is 17.2 Å². The van der Waals surface area contributed by atoms with Crippen molar-refractivity contribution in [2.75, 3.05) is 0 Å². The molecule has 0 aliphatic carbocycles. The molecule has 3 aromatic rings. The third kappa shape index (κ3) is 1.37. The Kier molecular flexibility index (Phi) is 2.10. The van der Waals surface area contributed by atoms with Crippen molar-refractivity contribution >= 4 is 21.5 Å². The fourth-order valence-corrected chi connectivity index (χ4v) is 2.27. The first-order valence-electron chi connectivity index (χ1n) is 5.65. The molecule has 0 radical (unpaired) electrons. The maximum atomic E-state index is 9.96. The third-order valence-corrected chi connectivity index (χ3v) is 3.25. The van der Waals surface area contributed by atoms with Crippen molar-refractivity contribution in [2.45, 2.75) is 6.92 Å². The van der Waals surface area contributed by atoms with E-state index in [4.69, 9.17) is 0 Å². The Morgan fingerprint density at radius 3 is 2.33 bits per heavy atom. The molecule has 0 aromatic heterocycles. The number of aromatic hydroxyl groups is 3. The lowest BCUT2D eigenvalue weighted by Crippen LogP contribution is -1.82. The first-order valence-corrected chi connectivity index (χ1v) is 5.65. The molecule has 0 heterocycles. The zero-order valence-corrected chi connectivity index (χ0v) is 9.81. The summed E-state index contributed by atoms with van der Waals surface area (Å²) in [6, 6.07) is 10.7. The van der Waals surface area contributed by atoms with Gasteiger partial charge in [-0.2, -0.15) is 0 Å². The van der Waals surface area contributed by atoms with Crippen LogP contribution < -0.4 is 0 Å². The van der Waals surface area contributed by atoms with Gasteiger partial charge in [-0.05, 0) is 47.5 Å². The van der Waals surface area contributed by atoms with Crippen LogP contribution in [0.15, 0.2) is 36.4 Å². The zero-order chi connectivity index (χ0) is 12.9. The predicted octanol–water partition coefficient (Wildman–Crippen LogP) is 3.42. The number of rotatable bonds is 0. The highest BCUT2D eigenvalue weighted by atomic mass is 16.3. The van der Waals surface area contributed by atoms with Crippen LogP contribution in [0.2, 0.25) is 0 Å². The van der Waals surface area contributed by atoms with Crippen molar-refractivity contribution in [2.24, 2.45) is 0 Å². The molecule has 0 amide bonds. The van der Waals surface area contributed by atoms with Crippen LogP contribution in [0.4, 0.5) is 0 Å². The maximum Gasteiger partial charge on any atom is 0.165 e. The van der Waals surface area contributed by atoms with E-state index in [9.17, 15) is 15.3 Å². The van der Waals surface area contributed by atoms with Gasteiger partial charge in [-0.25, -0.2) is 0 Å². The highest BCUT2D eigenvalue weighted by molar-refractivity contribution is 6.04. The van der Waals surface area contributed by atoms with Gasteiger partial charge in [0, 0.05) is 10.8 Å². The Morgan fingerprint density at radius 2 is 1.56 bits per heavy atom. The van der Waals surface area contributed by atoms with E-state index in [0.29, 0.717) is 16.3 Å². The van der Waals surface area contributed by atoms with E-state index >= 15 is 0 Å². The molecule has 3 nitrogen and oxygen atoms in total. The largest absolute Gasteiger partial charge is 0.507 e. The Balaban J connectivity index is 2.54. The summed E-state index contributed by atoms with van der Waals surface area (Å²) in [5.74, 6) is -0.0960. The monoisotopic (exact) mass is 240 g/mol. The van der Waals surface area contributed by atoms with E-state index in [2.05, 4.69) is 0 Å². The van der Waals surface area contributed by atoms with E-state index in [1.165, 1.54) is 0 Å². The first kappa shape index (κ1) is 10.7. The van der Waals surface area contributed by atoms with Crippen molar-refractivity contribution in [3.8, 4) is 17.2 Å². The molecular formula is C15H12O3. The average molecular weight is 240 g/mol. The van der Waals surface area contributed by atoms with Crippen LogP contribution in [0.1, 0.15) is 5.56 Å². The van der Waals surface area contributed by atoms with Crippen LogP contribution >= 0.6 is 0 Å². The van der Waals surface area contributed by atoms with E-state index in [1.54, 1.807) is 25.1 Å². The summed E-state index contributed by atoms with van der Waals surface area (Å²) < 4.78 is 0. The quantitative estimate of drug-likeness (QED) is 0.417. The van der Waals surface area contributed by atoms with Gasteiger partial charge in [0.15, 0.2) is 11.5 Å². The van der Waals surface area contributed by atoms with Crippen molar-refractivity contribution in [3.05, 3.63) is 42.0 Å². The summed E-state index contributed by atoms with van der Waals surface area (Å²) in [6.45, 7) is 1.74. The number of aryl methyl sites for hydroxylation is 1. The molecule has 0 unspecified atom stereocenters. The second kappa shape index (κ2) is 3.53. The van der Waals surface area contributed by atoms with Gasteiger partial charge in [-0.1, -0.05) is 12.1 Å². The predicted molar refractivity (Wildman–Crippen MR) is 71.2 cm³/mol. The van der Waals surface area contributed by atoms with Crippen LogP contribution in [0.25, 0.3) is 21.5 Å². The van der Waals surface area contributed by atoms with Gasteiger partial charge in [-0.15, -0.1) is 0 Å². The number of hydrogen-bond donors (Lipinski definition) is 3. The molecule has 0 aliphatic rings. The van der Waals surface area contributed by atoms with E-state index in [1.807, 2.05) is 18.2 Å². The molecular weight excluding hydrogens is 228 g/mol. The summed E-state index contributed by atoms with van der Waals surface area (Å²) >= 11 is 0. The van der Waals surface area contributed by atoms with Crippen molar-refractivity contribution in [1.29, 1.82) is 0 Å². The minimum absolute atomic E-state index is 0.114. The number of hydrogen-bond acceptors (Lipinski definition) is 3. The molecule has 0 spiro atoms. The fraction of sp³-hybridized carbons (Fsp3) is 0.0667. The van der Waals surface area contributed by atoms with E-state index in [0.717, 1.165) is 10.8 Å². The molecule has 3 aromatic carbocycles. The Morgan fingerprint density at radius 1 is 0.778 bits per heavy atom. The molecule has 0 fully saturated rings. The first-order chi connectivity index (χ1) is 8.58. The molecule has 0 saturated carbocycles. The van der Waals surface area contributed by atoms with Gasteiger partial charge in [0.1, 0.15) is 5.75 Å². The van der Waals surface area contributed by atoms with Crippen LogP contribution in [-0.4, -0.2) is 15.3 Å². The lowest BCUT2D eigenvalue weighted by molar-refractivity contribution is 0.405. The summed E-state index contributed by atoms with van der Waals surface area (Å²) in [4.78, 5) is 0. The summed E-state index contributed by atoms with van der Waals surface area (Å²) in [6.07, 6.45) is 0. The number of benzene rings is 3. The minimum Gasteiger partial charge on any atom is -0.507 e. The lowest BCUT2D eigenvalue weighted by atomic mass is 10.00. The van der Waals surface area contributed by atoms with Crippen molar-refractivity contribution in [3.63, 3.8) is 0 Å². The van der Waals surface area contributed by atoms with Gasteiger partial charge in [0.2, 0.25) is 0 Å². The Bertz CT molecular complexity index is 776. The van der Waals surface area contributed by atoms with Crippen LogP contribution in [0.3, 0.4) is 0 Å². The minimum atomic E-state index is -0.143. The summed E-state index contributed by atoms with van der Waals surface area (Å²) in [5.41, 5.74) is 0.625. The van der Waals surface area contributed by atoms with Gasteiger partial charge in [0.05, 0.1) is 0 Å². The lowest BCUT2D eigenvalue weighted by Gasteiger charge is -2.09. The molecule has 0 saturated heterocycles. The number of phenolic OH excluding ortho intramolecular Hbond substituents is 3. The Hall–Kier alpha value is -2.42. The smallest absolute Gasteiger partial charge is 0.165 e. The van der Waals surface area contributed by atoms with E-state index < -0.39 is 0 Å². The summed E-state index contributed by atoms with van der Waals surface area (Å²) in [5, 5.41) is 32.4.